The first-order valence-electron chi connectivity index (χ1n) is 33.8. The fourth-order valence-electron chi connectivity index (χ4n) is 11.6. The first-order chi connectivity index (χ1) is 43.5. The Kier molecular flexibility index (Phi) is 36.7. The first kappa shape index (κ1) is 86.2. The van der Waals surface area contributed by atoms with Gasteiger partial charge in [0, 0.05) is 68.1 Å². The lowest BCUT2D eigenvalue weighted by Gasteiger charge is -2.41. The van der Waals surface area contributed by atoms with E-state index in [4.69, 9.17) is 0 Å². The van der Waals surface area contributed by atoms with E-state index in [9.17, 15) is 39.3 Å². The predicted molar refractivity (Wildman–Crippen MR) is 367 cm³/mol. The van der Waals surface area contributed by atoms with E-state index in [1.165, 1.54) is 113 Å². The molecule has 0 bridgehead atoms. The Morgan fingerprint density at radius 3 is 1.50 bits per heavy atom. The van der Waals surface area contributed by atoms with Crippen LogP contribution in [-0.2, 0) is 52.7 Å². The Morgan fingerprint density at radius 1 is 0.521 bits per heavy atom. The van der Waals surface area contributed by atoms with Crippen LogP contribution in [0.2, 0.25) is 0 Å². The SMILES string of the molecule is C/C=C/C[C@@H](C)[C@@H](O)[C@H]1C(=O)N[C@@H](CC)C(=O)N(C)[C@H](CSCCCCO)C(=O)N(C)[C@@H](CC(C)(C)O)C(=O)N[C@H](C(C)C)C(=O)N(C)[C@H](CC(C)C)C(=O)N[C@H](C)C(=O)N[C@@H](C)C(=O)N(C)[C@@H](CC(C)C)C(=O)N(C)[C@@H](CCC(C)C)C(=O)N(C)[C@@H](C(C)C)C(=O)N1C. The molecule has 0 aromatic carbocycles. The Hall–Kier alpha value is -5.86. The lowest BCUT2D eigenvalue weighted by molar-refractivity contribution is -0.157. The molecule has 0 aromatic heterocycles. The van der Waals surface area contributed by atoms with Crippen LogP contribution >= 0.6 is 11.8 Å². The van der Waals surface area contributed by atoms with Gasteiger partial charge in [-0.1, -0.05) is 95.2 Å². The highest BCUT2D eigenvalue weighted by molar-refractivity contribution is 7.99. The minimum absolute atomic E-state index is 0.0333. The van der Waals surface area contributed by atoms with Crippen molar-refractivity contribution in [3.05, 3.63) is 12.2 Å². The van der Waals surface area contributed by atoms with Gasteiger partial charge < -0.3 is 70.9 Å². The highest BCUT2D eigenvalue weighted by atomic mass is 32.2. The summed E-state index contributed by atoms with van der Waals surface area (Å²) in [6, 6.07) is -14.5. The third kappa shape index (κ3) is 25.3. The van der Waals surface area contributed by atoms with Crippen LogP contribution in [0.4, 0.5) is 0 Å². The number of unbranched alkanes of at least 4 members (excludes halogenated alkanes) is 1. The van der Waals surface area contributed by atoms with Crippen LogP contribution in [0.5, 0.6) is 0 Å². The summed E-state index contributed by atoms with van der Waals surface area (Å²) >= 11 is 1.31. The van der Waals surface area contributed by atoms with Crippen LogP contribution in [0.15, 0.2) is 12.2 Å². The van der Waals surface area contributed by atoms with Gasteiger partial charge in [-0.15, -0.1) is 0 Å². The van der Waals surface area contributed by atoms with Crippen molar-refractivity contribution in [2.45, 2.75) is 254 Å². The number of allylic oxidation sites excluding steroid dienone is 2. The van der Waals surface area contributed by atoms with Crippen molar-refractivity contribution in [3.63, 3.8) is 0 Å². The lowest BCUT2D eigenvalue weighted by Crippen LogP contribution is -2.64. The molecule has 13 atom stereocenters. The molecule has 1 aliphatic heterocycles. The van der Waals surface area contributed by atoms with Gasteiger partial charge in [0.1, 0.15) is 66.5 Å². The molecule has 0 unspecified atom stereocenters. The van der Waals surface area contributed by atoms with E-state index in [0.29, 0.717) is 25.0 Å². The number of nitrogens with one attached hydrogen (secondary N) is 4. The molecule has 0 spiro atoms. The second-order valence-corrected chi connectivity index (χ2v) is 29.7. The Labute approximate surface area is 566 Å². The molecule has 540 valence electrons. The molecule has 1 saturated heterocycles. The monoisotopic (exact) mass is 1350 g/mol. The molecular formula is C68H123N11O14S. The zero-order chi connectivity index (χ0) is 72.7. The molecule has 25 nitrogen and oxygen atoms in total. The number of amides is 11. The maximum atomic E-state index is 15.4. The van der Waals surface area contributed by atoms with E-state index in [1.54, 1.807) is 60.6 Å². The third-order valence-electron chi connectivity index (χ3n) is 17.7. The van der Waals surface area contributed by atoms with Crippen molar-refractivity contribution in [3.8, 4) is 0 Å². The molecule has 0 saturated carbocycles. The van der Waals surface area contributed by atoms with Crippen molar-refractivity contribution >= 4 is 76.7 Å². The number of nitrogens with zero attached hydrogens (tertiary/aromatic N) is 7. The van der Waals surface area contributed by atoms with Crippen LogP contribution in [0.25, 0.3) is 0 Å². The van der Waals surface area contributed by atoms with Crippen LogP contribution in [0.3, 0.4) is 0 Å². The smallest absolute Gasteiger partial charge is 0.246 e. The molecule has 1 aliphatic rings. The second-order valence-electron chi connectivity index (χ2n) is 28.5. The van der Waals surface area contributed by atoms with E-state index in [0.717, 1.165) is 9.80 Å². The lowest BCUT2D eigenvalue weighted by atomic mass is 9.91. The average Bonchev–Trinajstić information content (AvgIpc) is 0.810. The number of likely N-dealkylation sites (N-methyl/N-ethyl adjacent to an activating group) is 7. The highest BCUT2D eigenvalue weighted by Crippen LogP contribution is 2.27. The molecule has 0 aliphatic carbocycles. The molecule has 1 fully saturated rings. The molecule has 1 rings (SSSR count). The van der Waals surface area contributed by atoms with Crippen LogP contribution in [0, 0.1) is 35.5 Å². The normalized spacial score (nSPS) is 26.4. The topological polar surface area (TPSA) is 319 Å². The number of hydrogen-bond acceptors (Lipinski definition) is 15. The van der Waals surface area contributed by atoms with Gasteiger partial charge in [-0.3, -0.25) is 52.7 Å². The Balaban J connectivity index is 4.58. The van der Waals surface area contributed by atoms with E-state index < -0.39 is 161 Å². The maximum absolute atomic E-state index is 15.4. The van der Waals surface area contributed by atoms with E-state index in [-0.39, 0.29) is 68.6 Å². The fourth-order valence-corrected chi connectivity index (χ4v) is 12.8. The summed E-state index contributed by atoms with van der Waals surface area (Å²) in [6.07, 6.45) is 3.78. The highest BCUT2D eigenvalue weighted by Gasteiger charge is 2.47. The quantitative estimate of drug-likeness (QED) is 0.0601. The number of rotatable bonds is 22. The van der Waals surface area contributed by atoms with Crippen molar-refractivity contribution in [1.29, 1.82) is 0 Å². The van der Waals surface area contributed by atoms with Gasteiger partial charge in [-0.05, 0) is 127 Å². The summed E-state index contributed by atoms with van der Waals surface area (Å²) in [7, 11) is 9.80. The molecule has 0 radical (unpaired) electrons. The van der Waals surface area contributed by atoms with Gasteiger partial charge in [0.25, 0.3) is 0 Å². The summed E-state index contributed by atoms with van der Waals surface area (Å²) < 4.78 is 0. The Morgan fingerprint density at radius 2 is 1.00 bits per heavy atom. The molecule has 7 N–H and O–H groups in total. The molecule has 94 heavy (non-hydrogen) atoms. The largest absolute Gasteiger partial charge is 0.396 e. The van der Waals surface area contributed by atoms with Crippen LogP contribution in [-0.4, -0.2) is 260 Å². The van der Waals surface area contributed by atoms with Gasteiger partial charge in [0.15, 0.2) is 0 Å². The zero-order valence-corrected chi connectivity index (χ0v) is 62.2. The fraction of sp³-hybridized carbons (Fsp3) is 0.809. The van der Waals surface area contributed by atoms with Crippen molar-refractivity contribution < 1.29 is 68.1 Å². The van der Waals surface area contributed by atoms with E-state index >= 15 is 28.8 Å². The molecule has 26 heteroatoms. The first-order valence-corrected chi connectivity index (χ1v) is 34.9. The minimum Gasteiger partial charge on any atom is -0.396 e. The second kappa shape index (κ2) is 40.0. The summed E-state index contributed by atoms with van der Waals surface area (Å²) in [6.45, 7) is 28.9. The third-order valence-corrected chi connectivity index (χ3v) is 18.8. The maximum Gasteiger partial charge on any atom is 0.246 e. The Bertz CT molecular complexity index is 2540. The average molecular weight is 1350 g/mol. The van der Waals surface area contributed by atoms with Gasteiger partial charge in [-0.25, -0.2) is 0 Å². The van der Waals surface area contributed by atoms with Gasteiger partial charge in [0.05, 0.1) is 11.7 Å². The zero-order valence-electron chi connectivity index (χ0n) is 61.4. The van der Waals surface area contributed by atoms with Crippen LogP contribution < -0.4 is 21.3 Å². The predicted octanol–water partition coefficient (Wildman–Crippen LogP) is 3.65. The summed E-state index contributed by atoms with van der Waals surface area (Å²) in [4.78, 5) is 172. The summed E-state index contributed by atoms with van der Waals surface area (Å²) in [5, 5.41) is 44.2. The number of hydrogen-bond donors (Lipinski definition) is 7. The van der Waals surface area contributed by atoms with Gasteiger partial charge in [-0.2, -0.15) is 11.8 Å². The molecule has 1 heterocycles. The van der Waals surface area contributed by atoms with E-state index in [1.807, 2.05) is 41.5 Å². The number of thioether (sulfide) groups is 1. The number of carbonyl (C=O) groups excluding carboxylic acids is 11. The van der Waals surface area contributed by atoms with E-state index in [2.05, 4.69) is 21.3 Å². The van der Waals surface area contributed by atoms with Gasteiger partial charge >= 0.3 is 0 Å². The van der Waals surface area contributed by atoms with Crippen molar-refractivity contribution in [1.82, 2.24) is 55.6 Å². The number of aliphatic hydroxyl groups excluding tert-OH is 2. The standard InChI is InChI=1S/C68H123N11O14S/c1-25-27-30-44(13)56(81)55-60(85)71-47(26-2)62(87)77(22)52(38-94-34-29-28-33-80)65(90)76(21)51(37-68(16,17)93)59(84)72-53(42(9)10)66(91)74(19)49(35-40(5)6)58(83)69-45(14)57(82)70-46(15)61(86)75(20)50(36-41(7)8)64(89)73(18)48(32-31-39(3)4)63(88)78(23)54(43(11)12)67(92)79(55)24/h25,27,39-56,80-81,93H,26,28-38H2,1-24H3,(H,69,83)(H,70,82)(H,71,85)(H,72,84)/b27-25+/t44-,45-,46+,47+,48+,49-,50+,51+,52-,53-,54+,55+,56-/m1/s1. The van der Waals surface area contributed by atoms with Crippen molar-refractivity contribution in [2.24, 2.45) is 35.5 Å². The summed E-state index contributed by atoms with van der Waals surface area (Å²) in [5.41, 5.74) is -1.60. The molecular weight excluding hydrogens is 1230 g/mol. The summed E-state index contributed by atoms with van der Waals surface area (Å²) in [5.74, 6) is -9.78. The van der Waals surface area contributed by atoms with Crippen molar-refractivity contribution in [2.75, 3.05) is 67.4 Å². The molecule has 11 amide bonds. The van der Waals surface area contributed by atoms with Crippen LogP contribution in [0.1, 0.15) is 175 Å². The number of aliphatic hydroxyl groups is 3. The molecule has 0 aromatic rings. The number of carbonyl (C=O) groups is 11. The van der Waals surface area contributed by atoms with Gasteiger partial charge in [0.2, 0.25) is 65.0 Å². The minimum atomic E-state index is -1.67.